The standard InChI is InChI=1S/C12H11NO4/c1-8-4-5-9(17-8)7-13-6-2-3-10(11(13)14)12(15)16/h2-6H,7H2,1H3,(H,15,16). The smallest absolute Gasteiger partial charge is 0.341 e. The molecule has 17 heavy (non-hydrogen) atoms. The van der Waals surface area contributed by atoms with E-state index >= 15 is 0 Å². The van der Waals surface area contributed by atoms with Crippen molar-refractivity contribution in [3.63, 3.8) is 0 Å². The van der Waals surface area contributed by atoms with Gasteiger partial charge in [-0.15, -0.1) is 0 Å². The van der Waals surface area contributed by atoms with Crippen LogP contribution in [0.5, 0.6) is 0 Å². The SMILES string of the molecule is Cc1ccc(Cn2cccc(C(=O)O)c2=O)o1. The molecule has 0 aromatic carbocycles. The van der Waals surface area contributed by atoms with Gasteiger partial charge in [-0.25, -0.2) is 4.79 Å². The molecule has 0 spiro atoms. The molecule has 0 aliphatic carbocycles. The highest BCUT2D eigenvalue weighted by molar-refractivity contribution is 5.86. The zero-order valence-corrected chi connectivity index (χ0v) is 9.21. The van der Waals surface area contributed by atoms with Gasteiger partial charge in [0, 0.05) is 6.20 Å². The fourth-order valence-electron chi connectivity index (χ4n) is 1.56. The van der Waals surface area contributed by atoms with Crippen molar-refractivity contribution in [1.82, 2.24) is 4.57 Å². The van der Waals surface area contributed by atoms with E-state index in [1.165, 1.54) is 22.9 Å². The van der Waals surface area contributed by atoms with E-state index in [0.717, 1.165) is 5.76 Å². The number of rotatable bonds is 3. The summed E-state index contributed by atoms with van der Waals surface area (Å²) in [5.74, 6) is 0.148. The Morgan fingerprint density at radius 3 is 2.76 bits per heavy atom. The number of carboxylic acid groups (broad SMARTS) is 1. The average Bonchev–Trinajstić information content (AvgIpc) is 2.67. The van der Waals surface area contributed by atoms with Crippen molar-refractivity contribution in [3.05, 3.63) is 57.9 Å². The van der Waals surface area contributed by atoms with E-state index in [0.29, 0.717) is 5.76 Å². The van der Waals surface area contributed by atoms with Gasteiger partial charge >= 0.3 is 5.97 Å². The number of aryl methyl sites for hydroxylation is 1. The van der Waals surface area contributed by atoms with Gasteiger partial charge in [-0.2, -0.15) is 0 Å². The highest BCUT2D eigenvalue weighted by Gasteiger charge is 2.10. The third kappa shape index (κ3) is 2.28. The van der Waals surface area contributed by atoms with Crippen LogP contribution < -0.4 is 5.56 Å². The van der Waals surface area contributed by atoms with Gasteiger partial charge in [-0.05, 0) is 31.2 Å². The third-order valence-electron chi connectivity index (χ3n) is 2.37. The van der Waals surface area contributed by atoms with Crippen molar-refractivity contribution < 1.29 is 14.3 Å². The molecule has 0 aliphatic heterocycles. The molecule has 88 valence electrons. The van der Waals surface area contributed by atoms with Gasteiger partial charge in [0.25, 0.3) is 5.56 Å². The Morgan fingerprint density at radius 2 is 2.18 bits per heavy atom. The number of pyridine rings is 1. The van der Waals surface area contributed by atoms with E-state index in [-0.39, 0.29) is 12.1 Å². The summed E-state index contributed by atoms with van der Waals surface area (Å²) < 4.78 is 6.64. The first kappa shape index (κ1) is 11.2. The lowest BCUT2D eigenvalue weighted by molar-refractivity contribution is 0.0694. The molecular weight excluding hydrogens is 222 g/mol. The lowest BCUT2D eigenvalue weighted by atomic mass is 10.3. The molecule has 2 aromatic heterocycles. The lowest BCUT2D eigenvalue weighted by Gasteiger charge is -2.03. The maximum absolute atomic E-state index is 11.8. The van der Waals surface area contributed by atoms with Crippen LogP contribution in [0.1, 0.15) is 21.9 Å². The quantitative estimate of drug-likeness (QED) is 0.871. The number of nitrogens with zero attached hydrogens (tertiary/aromatic N) is 1. The Hall–Kier alpha value is -2.30. The molecule has 5 heteroatoms. The molecule has 0 aliphatic rings. The molecule has 2 heterocycles. The number of furan rings is 1. The molecule has 2 rings (SSSR count). The van der Waals surface area contributed by atoms with Crippen molar-refractivity contribution in [2.45, 2.75) is 13.5 Å². The first-order valence-electron chi connectivity index (χ1n) is 5.06. The predicted molar refractivity (Wildman–Crippen MR) is 60.2 cm³/mol. The van der Waals surface area contributed by atoms with Gasteiger partial charge in [0.1, 0.15) is 17.1 Å². The van der Waals surface area contributed by atoms with Crippen LogP contribution in [0.2, 0.25) is 0 Å². The number of carbonyl (C=O) groups is 1. The van der Waals surface area contributed by atoms with E-state index in [1.54, 1.807) is 19.1 Å². The second-order valence-corrected chi connectivity index (χ2v) is 3.67. The number of hydrogen-bond donors (Lipinski definition) is 1. The minimum Gasteiger partial charge on any atom is -0.477 e. The normalized spacial score (nSPS) is 10.4. The zero-order valence-electron chi connectivity index (χ0n) is 9.21. The Morgan fingerprint density at radius 1 is 1.41 bits per heavy atom. The minimum absolute atomic E-state index is 0.230. The van der Waals surface area contributed by atoms with Crippen LogP contribution in [0.3, 0.4) is 0 Å². The summed E-state index contributed by atoms with van der Waals surface area (Å²) in [6, 6.07) is 6.37. The number of carboxylic acids is 1. The molecule has 0 saturated heterocycles. The Balaban J connectivity index is 2.37. The summed E-state index contributed by atoms with van der Waals surface area (Å²) in [7, 11) is 0. The molecule has 1 N–H and O–H groups in total. The summed E-state index contributed by atoms with van der Waals surface area (Å²) in [4.78, 5) is 22.6. The second-order valence-electron chi connectivity index (χ2n) is 3.67. The minimum atomic E-state index is -1.22. The lowest BCUT2D eigenvalue weighted by Crippen LogP contribution is -2.25. The number of hydrogen-bond acceptors (Lipinski definition) is 3. The van der Waals surface area contributed by atoms with E-state index in [2.05, 4.69) is 0 Å². The van der Waals surface area contributed by atoms with Crippen molar-refractivity contribution in [3.8, 4) is 0 Å². The maximum atomic E-state index is 11.8. The Kier molecular flexibility index (Phi) is 2.82. The third-order valence-corrected chi connectivity index (χ3v) is 2.37. The van der Waals surface area contributed by atoms with E-state index in [1.807, 2.05) is 0 Å². The molecule has 2 aromatic rings. The maximum Gasteiger partial charge on any atom is 0.341 e. The van der Waals surface area contributed by atoms with Crippen LogP contribution in [0, 0.1) is 6.92 Å². The molecule has 5 nitrogen and oxygen atoms in total. The van der Waals surface area contributed by atoms with E-state index in [9.17, 15) is 9.59 Å². The summed E-state index contributed by atoms with van der Waals surface area (Å²) in [5.41, 5.74) is -0.773. The molecule has 0 fully saturated rings. The summed E-state index contributed by atoms with van der Waals surface area (Å²) in [6.45, 7) is 2.04. The van der Waals surface area contributed by atoms with Crippen LogP contribution in [0.25, 0.3) is 0 Å². The van der Waals surface area contributed by atoms with Gasteiger partial charge in [0.2, 0.25) is 0 Å². The number of aromatic nitrogens is 1. The van der Waals surface area contributed by atoms with Crippen LogP contribution >= 0.6 is 0 Å². The summed E-state index contributed by atoms with van der Waals surface area (Å²) in [6.07, 6.45) is 1.53. The van der Waals surface area contributed by atoms with E-state index < -0.39 is 11.5 Å². The number of aromatic carboxylic acids is 1. The summed E-state index contributed by atoms with van der Waals surface area (Å²) >= 11 is 0. The molecular formula is C12H11NO4. The Bertz CT molecular complexity index is 609. The molecule has 0 amide bonds. The highest BCUT2D eigenvalue weighted by atomic mass is 16.4. The first-order valence-corrected chi connectivity index (χ1v) is 5.06. The molecule has 0 bridgehead atoms. The van der Waals surface area contributed by atoms with Crippen LogP contribution in [-0.4, -0.2) is 15.6 Å². The highest BCUT2D eigenvalue weighted by Crippen LogP contribution is 2.07. The monoisotopic (exact) mass is 233 g/mol. The van der Waals surface area contributed by atoms with Gasteiger partial charge < -0.3 is 14.1 Å². The molecule has 0 radical (unpaired) electrons. The zero-order chi connectivity index (χ0) is 12.4. The van der Waals surface area contributed by atoms with Gasteiger partial charge in [-0.1, -0.05) is 0 Å². The van der Waals surface area contributed by atoms with E-state index in [4.69, 9.17) is 9.52 Å². The molecule has 0 unspecified atom stereocenters. The van der Waals surface area contributed by atoms with Crippen LogP contribution in [0.4, 0.5) is 0 Å². The molecule has 0 saturated carbocycles. The van der Waals surface area contributed by atoms with Crippen LogP contribution in [-0.2, 0) is 6.54 Å². The van der Waals surface area contributed by atoms with Crippen molar-refractivity contribution in [1.29, 1.82) is 0 Å². The van der Waals surface area contributed by atoms with Crippen molar-refractivity contribution >= 4 is 5.97 Å². The fraction of sp³-hybridized carbons (Fsp3) is 0.167. The molecule has 0 atom stereocenters. The Labute approximate surface area is 96.9 Å². The van der Waals surface area contributed by atoms with Crippen molar-refractivity contribution in [2.75, 3.05) is 0 Å². The van der Waals surface area contributed by atoms with Crippen molar-refractivity contribution in [2.24, 2.45) is 0 Å². The van der Waals surface area contributed by atoms with Gasteiger partial charge in [0.05, 0.1) is 6.54 Å². The fourth-order valence-corrected chi connectivity index (χ4v) is 1.56. The van der Waals surface area contributed by atoms with Gasteiger partial charge in [0.15, 0.2) is 0 Å². The largest absolute Gasteiger partial charge is 0.477 e. The second kappa shape index (κ2) is 4.29. The van der Waals surface area contributed by atoms with Crippen LogP contribution in [0.15, 0.2) is 39.7 Å². The average molecular weight is 233 g/mol. The topological polar surface area (TPSA) is 72.4 Å². The predicted octanol–water partition coefficient (Wildman–Crippen LogP) is 1.50. The first-order chi connectivity index (χ1) is 8.08. The summed E-state index contributed by atoms with van der Waals surface area (Å²) in [5, 5.41) is 8.82. The van der Waals surface area contributed by atoms with Gasteiger partial charge in [-0.3, -0.25) is 4.79 Å².